The minimum Gasteiger partial charge on any atom is -0.393 e. The van der Waals surface area contributed by atoms with Crippen molar-refractivity contribution in [3.63, 3.8) is 0 Å². The predicted octanol–water partition coefficient (Wildman–Crippen LogP) is 2.57. The van der Waals surface area contributed by atoms with Crippen LogP contribution < -0.4 is 0 Å². The summed E-state index contributed by atoms with van der Waals surface area (Å²) >= 11 is 5.89. The zero-order valence-corrected chi connectivity index (χ0v) is 14.9. The summed E-state index contributed by atoms with van der Waals surface area (Å²) in [5, 5.41) is 15.2. The molecule has 1 N–H and O–H groups in total. The number of halogens is 1. The van der Waals surface area contributed by atoms with Crippen molar-refractivity contribution in [3.8, 4) is 0 Å². The molecule has 0 saturated carbocycles. The molecular formula is C17H28ClN3O2. The second kappa shape index (κ2) is 7.09. The Labute approximate surface area is 143 Å². The Hall–Kier alpha value is -0.620. The van der Waals surface area contributed by atoms with Gasteiger partial charge in [0.15, 0.2) is 0 Å². The molecule has 2 aliphatic heterocycles. The Morgan fingerprint density at radius 2 is 2.13 bits per heavy atom. The first-order chi connectivity index (χ1) is 11.0. The number of piperidine rings is 1. The van der Waals surface area contributed by atoms with Crippen molar-refractivity contribution in [2.24, 2.45) is 5.92 Å². The molecule has 0 unspecified atom stereocenters. The topological polar surface area (TPSA) is 50.5 Å². The first kappa shape index (κ1) is 17.2. The van der Waals surface area contributed by atoms with Crippen LogP contribution in [0.4, 0.5) is 0 Å². The van der Waals surface area contributed by atoms with E-state index in [4.69, 9.17) is 16.3 Å². The van der Waals surface area contributed by atoms with Gasteiger partial charge in [-0.15, -0.1) is 0 Å². The van der Waals surface area contributed by atoms with E-state index in [2.05, 4.69) is 23.8 Å². The van der Waals surface area contributed by atoms with E-state index < -0.39 is 0 Å². The van der Waals surface area contributed by atoms with Crippen LogP contribution in [0.15, 0.2) is 12.4 Å². The Morgan fingerprint density at radius 3 is 2.74 bits per heavy atom. The number of aromatic nitrogens is 2. The molecule has 0 aliphatic carbocycles. The van der Waals surface area contributed by atoms with Gasteiger partial charge in [-0.05, 0) is 25.2 Å². The summed E-state index contributed by atoms with van der Waals surface area (Å²) in [6.07, 6.45) is 7.10. The summed E-state index contributed by atoms with van der Waals surface area (Å²) in [4.78, 5) is 2.45. The van der Waals surface area contributed by atoms with E-state index >= 15 is 0 Å². The monoisotopic (exact) mass is 341 g/mol. The first-order valence-electron chi connectivity index (χ1n) is 8.72. The van der Waals surface area contributed by atoms with E-state index in [1.165, 1.54) is 0 Å². The number of hydrogen-bond donors (Lipinski definition) is 1. The Bertz CT molecular complexity index is 512. The van der Waals surface area contributed by atoms with E-state index in [9.17, 15) is 5.11 Å². The zero-order chi connectivity index (χ0) is 16.4. The van der Waals surface area contributed by atoms with Crippen molar-refractivity contribution in [2.45, 2.75) is 63.9 Å². The molecule has 1 aromatic rings. The highest BCUT2D eigenvalue weighted by atomic mass is 35.5. The number of rotatable bonds is 4. The van der Waals surface area contributed by atoms with E-state index in [0.717, 1.165) is 51.9 Å². The molecule has 0 radical (unpaired) electrons. The Morgan fingerprint density at radius 1 is 1.39 bits per heavy atom. The lowest BCUT2D eigenvalue weighted by molar-refractivity contribution is -0.192. The number of aliphatic hydroxyl groups is 1. The summed E-state index contributed by atoms with van der Waals surface area (Å²) in [5.74, 6) is 0.462. The average molecular weight is 342 g/mol. The molecule has 0 bridgehead atoms. The van der Waals surface area contributed by atoms with Gasteiger partial charge >= 0.3 is 0 Å². The van der Waals surface area contributed by atoms with E-state index in [-0.39, 0.29) is 17.8 Å². The van der Waals surface area contributed by atoms with Crippen LogP contribution in [0.1, 0.15) is 39.5 Å². The molecule has 2 aliphatic rings. The zero-order valence-electron chi connectivity index (χ0n) is 14.1. The van der Waals surface area contributed by atoms with Crippen molar-refractivity contribution in [3.05, 3.63) is 17.4 Å². The lowest BCUT2D eigenvalue weighted by Crippen LogP contribution is -2.54. The summed E-state index contributed by atoms with van der Waals surface area (Å²) < 4.78 is 8.33. The summed E-state index contributed by atoms with van der Waals surface area (Å²) in [5.41, 5.74) is -0.113. The second-order valence-corrected chi connectivity index (χ2v) is 7.88. The van der Waals surface area contributed by atoms with Crippen molar-refractivity contribution in [1.82, 2.24) is 14.7 Å². The van der Waals surface area contributed by atoms with Crippen LogP contribution in [0.5, 0.6) is 0 Å². The fraction of sp³-hybridized carbons (Fsp3) is 0.824. The molecule has 1 aromatic heterocycles. The summed E-state index contributed by atoms with van der Waals surface area (Å²) in [6, 6.07) is 0. The molecule has 5 nitrogen and oxygen atoms in total. The molecule has 130 valence electrons. The summed E-state index contributed by atoms with van der Waals surface area (Å²) in [6.45, 7) is 8.24. The van der Waals surface area contributed by atoms with E-state index in [1.807, 2.05) is 10.9 Å². The molecule has 2 atom stereocenters. The minimum atomic E-state index is -0.214. The van der Waals surface area contributed by atoms with Crippen LogP contribution in [0.25, 0.3) is 0 Å². The highest BCUT2D eigenvalue weighted by Gasteiger charge is 2.43. The van der Waals surface area contributed by atoms with Gasteiger partial charge in [0.2, 0.25) is 0 Å². The first-order valence-corrected chi connectivity index (χ1v) is 9.10. The molecule has 0 aromatic carbocycles. The van der Waals surface area contributed by atoms with E-state index in [1.54, 1.807) is 6.20 Å². The minimum absolute atomic E-state index is 0.113. The summed E-state index contributed by atoms with van der Waals surface area (Å²) in [7, 11) is 0. The molecular weight excluding hydrogens is 314 g/mol. The standard InChI is InChI=1S/C17H28ClN3O2/c1-13(2)16-9-15(22)10-17(23-16)3-5-20(6-4-17)7-8-21-12-14(18)11-19-21/h11-13,15-16,22H,3-10H2,1-2H3/t15-,16-/m1/s1. The van der Waals surface area contributed by atoms with Crippen LogP contribution in [-0.4, -0.2) is 57.2 Å². The quantitative estimate of drug-likeness (QED) is 0.914. The van der Waals surface area contributed by atoms with Crippen molar-refractivity contribution in [1.29, 1.82) is 0 Å². The fourth-order valence-electron chi connectivity index (χ4n) is 3.82. The molecule has 2 saturated heterocycles. The lowest BCUT2D eigenvalue weighted by atomic mass is 9.80. The van der Waals surface area contributed by atoms with Crippen LogP contribution in [0, 0.1) is 5.92 Å². The SMILES string of the molecule is CC(C)[C@H]1C[C@@H](O)CC2(CCN(CCn3cc(Cl)cn3)CC2)O1. The number of aliphatic hydroxyl groups excluding tert-OH is 1. The van der Waals surface area contributed by atoms with Crippen LogP contribution in [0.2, 0.25) is 5.02 Å². The molecule has 23 heavy (non-hydrogen) atoms. The Balaban J connectivity index is 1.51. The smallest absolute Gasteiger partial charge is 0.0785 e. The van der Waals surface area contributed by atoms with Gasteiger partial charge < -0.3 is 14.7 Å². The lowest BCUT2D eigenvalue weighted by Gasteiger charge is -2.48. The largest absolute Gasteiger partial charge is 0.393 e. The average Bonchev–Trinajstić information content (AvgIpc) is 2.92. The molecule has 6 heteroatoms. The van der Waals surface area contributed by atoms with Gasteiger partial charge in [-0.2, -0.15) is 5.10 Å². The van der Waals surface area contributed by atoms with Gasteiger partial charge in [0, 0.05) is 32.3 Å². The van der Waals surface area contributed by atoms with Crippen LogP contribution >= 0.6 is 11.6 Å². The third-order valence-corrected chi connectivity index (χ3v) is 5.47. The fourth-order valence-corrected chi connectivity index (χ4v) is 3.97. The van der Waals surface area contributed by atoms with Gasteiger partial charge in [-0.25, -0.2) is 0 Å². The third-order valence-electron chi connectivity index (χ3n) is 5.27. The third kappa shape index (κ3) is 4.27. The van der Waals surface area contributed by atoms with Crippen molar-refractivity contribution >= 4 is 11.6 Å². The second-order valence-electron chi connectivity index (χ2n) is 7.44. The number of ether oxygens (including phenoxy) is 1. The number of nitrogens with zero attached hydrogens (tertiary/aromatic N) is 3. The van der Waals surface area contributed by atoms with Crippen LogP contribution in [0.3, 0.4) is 0 Å². The maximum atomic E-state index is 10.2. The van der Waals surface area contributed by atoms with Crippen LogP contribution in [-0.2, 0) is 11.3 Å². The molecule has 3 heterocycles. The number of hydrogen-bond acceptors (Lipinski definition) is 4. The van der Waals surface area contributed by atoms with Gasteiger partial charge in [0.25, 0.3) is 0 Å². The molecule has 1 spiro atoms. The van der Waals surface area contributed by atoms with E-state index in [0.29, 0.717) is 10.9 Å². The Kier molecular flexibility index (Phi) is 5.31. The highest BCUT2D eigenvalue weighted by Crippen LogP contribution is 2.39. The molecule has 0 amide bonds. The van der Waals surface area contributed by atoms with Crippen molar-refractivity contribution < 1.29 is 9.84 Å². The normalized spacial score (nSPS) is 28.6. The maximum Gasteiger partial charge on any atom is 0.0785 e. The van der Waals surface area contributed by atoms with Gasteiger partial charge in [0.05, 0.1) is 35.6 Å². The van der Waals surface area contributed by atoms with Crippen molar-refractivity contribution in [2.75, 3.05) is 19.6 Å². The van der Waals surface area contributed by atoms with Gasteiger partial charge in [-0.3, -0.25) is 4.68 Å². The maximum absolute atomic E-state index is 10.2. The predicted molar refractivity (Wildman–Crippen MR) is 90.6 cm³/mol. The van der Waals surface area contributed by atoms with Gasteiger partial charge in [0.1, 0.15) is 0 Å². The molecule has 2 fully saturated rings. The van der Waals surface area contributed by atoms with Gasteiger partial charge in [-0.1, -0.05) is 25.4 Å². The highest BCUT2D eigenvalue weighted by molar-refractivity contribution is 6.30. The number of likely N-dealkylation sites (tertiary alicyclic amines) is 1. The molecule has 3 rings (SSSR count).